The molecule has 7 heteroatoms. The van der Waals surface area contributed by atoms with Crippen molar-refractivity contribution < 1.29 is 9.53 Å². The van der Waals surface area contributed by atoms with Gasteiger partial charge in [-0.05, 0) is 42.9 Å². The molecule has 1 amide bonds. The number of nitrogens with zero attached hydrogens (tertiary/aromatic N) is 4. The molecule has 2 aromatic carbocycles. The van der Waals surface area contributed by atoms with E-state index in [0.29, 0.717) is 43.9 Å². The van der Waals surface area contributed by atoms with E-state index in [-0.39, 0.29) is 5.91 Å². The summed E-state index contributed by atoms with van der Waals surface area (Å²) in [6.07, 6.45) is 3.22. The van der Waals surface area contributed by atoms with Gasteiger partial charge in [0.05, 0.1) is 13.2 Å². The maximum Gasteiger partial charge on any atom is 0.270 e. The number of hydrogen-bond acceptors (Lipinski definition) is 6. The fourth-order valence-corrected chi connectivity index (χ4v) is 4.10. The standard InChI is InChI=1S/C27H31N5O2/c33-26(28-20-22-11-12-22)24-19-25(31-15-17-34-18-16-31)30-27(29-24)32(23-9-5-2-6-10-23)14-13-21-7-3-1-4-8-21/h1-10,19,22H,11-18,20H2,(H,28,33). The summed E-state index contributed by atoms with van der Waals surface area (Å²) in [5, 5.41) is 3.06. The zero-order valence-electron chi connectivity index (χ0n) is 19.4. The molecule has 176 valence electrons. The van der Waals surface area contributed by atoms with Crippen LogP contribution in [0.4, 0.5) is 17.5 Å². The van der Waals surface area contributed by atoms with Gasteiger partial charge >= 0.3 is 0 Å². The van der Waals surface area contributed by atoms with E-state index in [2.05, 4.69) is 51.5 Å². The Morgan fingerprint density at radius 2 is 1.71 bits per heavy atom. The van der Waals surface area contributed by atoms with Crippen LogP contribution in [0.3, 0.4) is 0 Å². The zero-order valence-corrected chi connectivity index (χ0v) is 19.4. The minimum absolute atomic E-state index is 0.138. The number of aromatic nitrogens is 2. The van der Waals surface area contributed by atoms with Gasteiger partial charge in [-0.2, -0.15) is 4.98 Å². The third-order valence-electron chi connectivity index (χ3n) is 6.29. The molecule has 0 spiro atoms. The third kappa shape index (κ3) is 5.72. The number of carbonyl (C=O) groups excluding carboxylic acids is 1. The molecular formula is C27H31N5O2. The van der Waals surface area contributed by atoms with Gasteiger partial charge in [-0.3, -0.25) is 4.79 Å². The average molecular weight is 458 g/mol. The second kappa shape index (κ2) is 10.7. The van der Waals surface area contributed by atoms with Crippen LogP contribution in [0.25, 0.3) is 0 Å². The number of hydrogen-bond donors (Lipinski definition) is 1. The fraction of sp³-hybridized carbons (Fsp3) is 0.370. The first-order valence-corrected chi connectivity index (χ1v) is 12.1. The molecule has 1 aliphatic heterocycles. The molecule has 0 unspecified atom stereocenters. The Hall–Kier alpha value is -3.45. The number of para-hydroxylation sites is 1. The van der Waals surface area contributed by atoms with E-state index in [1.54, 1.807) is 0 Å². The van der Waals surface area contributed by atoms with Crippen LogP contribution in [0.2, 0.25) is 0 Å². The second-order valence-corrected chi connectivity index (χ2v) is 8.89. The van der Waals surface area contributed by atoms with Crippen LogP contribution in [0.15, 0.2) is 66.7 Å². The van der Waals surface area contributed by atoms with Crippen LogP contribution in [0.5, 0.6) is 0 Å². The lowest BCUT2D eigenvalue weighted by Gasteiger charge is -2.30. The summed E-state index contributed by atoms with van der Waals surface area (Å²) in [6.45, 7) is 4.20. The Morgan fingerprint density at radius 1 is 1.00 bits per heavy atom. The molecule has 34 heavy (non-hydrogen) atoms. The van der Waals surface area contributed by atoms with Crippen molar-refractivity contribution in [3.05, 3.63) is 78.0 Å². The minimum atomic E-state index is -0.138. The van der Waals surface area contributed by atoms with E-state index >= 15 is 0 Å². The Bertz CT molecular complexity index is 1080. The van der Waals surface area contributed by atoms with Crippen LogP contribution in [0, 0.1) is 5.92 Å². The Morgan fingerprint density at radius 3 is 2.41 bits per heavy atom. The summed E-state index contributed by atoms with van der Waals surface area (Å²) in [6, 6.07) is 22.4. The van der Waals surface area contributed by atoms with Gasteiger partial charge in [0.1, 0.15) is 11.5 Å². The maximum atomic E-state index is 13.0. The predicted octanol–water partition coefficient (Wildman–Crippen LogP) is 3.83. The smallest absolute Gasteiger partial charge is 0.270 e. The maximum absolute atomic E-state index is 13.0. The monoisotopic (exact) mass is 457 g/mol. The molecule has 1 aliphatic carbocycles. The number of rotatable bonds is 9. The molecule has 1 saturated carbocycles. The van der Waals surface area contributed by atoms with Crippen molar-refractivity contribution >= 4 is 23.4 Å². The topological polar surface area (TPSA) is 70.6 Å². The lowest BCUT2D eigenvalue weighted by atomic mass is 10.1. The largest absolute Gasteiger partial charge is 0.378 e. The summed E-state index contributed by atoms with van der Waals surface area (Å²) < 4.78 is 5.53. The SMILES string of the molecule is O=C(NCC1CC1)c1cc(N2CCOCC2)nc(N(CCc2ccccc2)c2ccccc2)n1. The Balaban J connectivity index is 1.48. The quantitative estimate of drug-likeness (QED) is 0.527. The Kier molecular flexibility index (Phi) is 7.00. The van der Waals surface area contributed by atoms with E-state index in [4.69, 9.17) is 14.7 Å². The van der Waals surface area contributed by atoms with Gasteiger partial charge in [-0.15, -0.1) is 0 Å². The van der Waals surface area contributed by atoms with Gasteiger partial charge in [0.15, 0.2) is 0 Å². The predicted molar refractivity (Wildman–Crippen MR) is 134 cm³/mol. The summed E-state index contributed by atoms with van der Waals surface area (Å²) in [5.74, 6) is 1.78. The molecule has 0 radical (unpaired) electrons. The van der Waals surface area contributed by atoms with Gasteiger partial charge < -0.3 is 19.9 Å². The van der Waals surface area contributed by atoms with Gasteiger partial charge in [-0.25, -0.2) is 4.98 Å². The number of benzene rings is 2. The number of carbonyl (C=O) groups is 1. The average Bonchev–Trinajstić information content (AvgIpc) is 3.74. The first-order valence-electron chi connectivity index (χ1n) is 12.1. The zero-order chi connectivity index (χ0) is 23.2. The van der Waals surface area contributed by atoms with Gasteiger partial charge in [0, 0.05) is 37.9 Å². The van der Waals surface area contributed by atoms with Gasteiger partial charge in [0.2, 0.25) is 5.95 Å². The molecule has 2 aliphatic rings. The summed E-state index contributed by atoms with van der Waals surface area (Å²) in [7, 11) is 0. The number of ether oxygens (including phenoxy) is 1. The lowest BCUT2D eigenvalue weighted by Crippen LogP contribution is -2.37. The number of amides is 1. The minimum Gasteiger partial charge on any atom is -0.378 e. The molecular weight excluding hydrogens is 426 g/mol. The van der Waals surface area contributed by atoms with Crippen LogP contribution >= 0.6 is 0 Å². The third-order valence-corrected chi connectivity index (χ3v) is 6.29. The van der Waals surface area contributed by atoms with E-state index in [1.807, 2.05) is 30.3 Å². The molecule has 1 aromatic heterocycles. The molecule has 1 N–H and O–H groups in total. The second-order valence-electron chi connectivity index (χ2n) is 8.89. The summed E-state index contributed by atoms with van der Waals surface area (Å²) in [5.41, 5.74) is 2.66. The van der Waals surface area contributed by atoms with Crippen LogP contribution < -0.4 is 15.1 Å². The molecule has 3 aromatic rings. The number of morpholine rings is 1. The van der Waals surface area contributed by atoms with Gasteiger partial charge in [0.25, 0.3) is 5.91 Å². The molecule has 7 nitrogen and oxygen atoms in total. The summed E-state index contributed by atoms with van der Waals surface area (Å²) in [4.78, 5) is 27.0. The van der Waals surface area contributed by atoms with Crippen LogP contribution in [-0.4, -0.2) is 55.3 Å². The van der Waals surface area contributed by atoms with Crippen molar-refractivity contribution in [2.24, 2.45) is 5.92 Å². The van der Waals surface area contributed by atoms with E-state index < -0.39 is 0 Å². The first-order chi connectivity index (χ1) is 16.8. The fourth-order valence-electron chi connectivity index (χ4n) is 4.10. The van der Waals surface area contributed by atoms with Crippen LogP contribution in [-0.2, 0) is 11.2 Å². The van der Waals surface area contributed by atoms with Crippen molar-refractivity contribution in [1.82, 2.24) is 15.3 Å². The van der Waals surface area contributed by atoms with Crippen molar-refractivity contribution in [1.29, 1.82) is 0 Å². The number of nitrogens with one attached hydrogen (secondary N) is 1. The molecule has 0 atom stereocenters. The molecule has 2 fully saturated rings. The van der Waals surface area contributed by atoms with Crippen LogP contribution in [0.1, 0.15) is 28.9 Å². The van der Waals surface area contributed by atoms with Crippen molar-refractivity contribution in [2.75, 3.05) is 49.2 Å². The first kappa shape index (κ1) is 22.3. The normalized spacial score (nSPS) is 15.7. The highest BCUT2D eigenvalue weighted by Gasteiger charge is 2.24. The molecule has 0 bridgehead atoms. The highest BCUT2D eigenvalue weighted by molar-refractivity contribution is 5.93. The highest BCUT2D eigenvalue weighted by atomic mass is 16.5. The van der Waals surface area contributed by atoms with Crippen molar-refractivity contribution in [3.63, 3.8) is 0 Å². The van der Waals surface area contributed by atoms with Crippen molar-refractivity contribution in [2.45, 2.75) is 19.3 Å². The number of anilines is 3. The van der Waals surface area contributed by atoms with E-state index in [9.17, 15) is 4.79 Å². The Labute approximate surface area is 200 Å². The van der Waals surface area contributed by atoms with Gasteiger partial charge in [-0.1, -0.05) is 48.5 Å². The molecule has 1 saturated heterocycles. The van der Waals surface area contributed by atoms with Crippen molar-refractivity contribution in [3.8, 4) is 0 Å². The highest BCUT2D eigenvalue weighted by Crippen LogP contribution is 2.28. The molecule has 2 heterocycles. The van der Waals surface area contributed by atoms with E-state index in [0.717, 1.165) is 31.0 Å². The summed E-state index contributed by atoms with van der Waals surface area (Å²) >= 11 is 0. The lowest BCUT2D eigenvalue weighted by molar-refractivity contribution is 0.0946. The molecule has 5 rings (SSSR count). The van der Waals surface area contributed by atoms with E-state index in [1.165, 1.54) is 18.4 Å².